The second-order valence-corrected chi connectivity index (χ2v) is 14.0. The van der Waals surface area contributed by atoms with E-state index in [4.69, 9.17) is 17.3 Å². The average Bonchev–Trinajstić information content (AvgIpc) is 2.80. The van der Waals surface area contributed by atoms with Gasteiger partial charge in [0.1, 0.15) is 22.8 Å². The molecule has 1 saturated carbocycles. The van der Waals surface area contributed by atoms with Gasteiger partial charge in [0, 0.05) is 28.6 Å². The molecule has 3 aliphatic carbocycles. The summed E-state index contributed by atoms with van der Waals surface area (Å²) in [6, 6.07) is 0.296. The van der Waals surface area contributed by atoms with Gasteiger partial charge in [-0.2, -0.15) is 0 Å². The molecule has 41 heavy (non-hydrogen) atoms. The highest BCUT2D eigenvalue weighted by Gasteiger charge is 2.64. The number of aliphatic hydroxyl groups excluding tert-OH is 2. The second-order valence-electron chi connectivity index (χ2n) is 13.7. The van der Waals surface area contributed by atoms with Crippen molar-refractivity contribution in [3.05, 3.63) is 44.7 Å². The summed E-state index contributed by atoms with van der Waals surface area (Å²) in [6.45, 7) is 11.0. The molecule has 7 N–H and O–H groups in total. The molecule has 1 fully saturated rings. The lowest BCUT2D eigenvalue weighted by Gasteiger charge is -2.50. The monoisotopic (exact) mass is 589 g/mol. The van der Waals surface area contributed by atoms with Crippen LogP contribution in [0.2, 0.25) is 5.02 Å². The van der Waals surface area contributed by atoms with Gasteiger partial charge in [0.05, 0.1) is 11.6 Å². The number of carbonyl (C=O) groups is 3. The third-order valence-electron chi connectivity index (χ3n) is 8.46. The van der Waals surface area contributed by atoms with E-state index in [9.17, 15) is 34.8 Å². The lowest BCUT2D eigenvalue weighted by Crippen LogP contribution is -2.65. The van der Waals surface area contributed by atoms with Crippen molar-refractivity contribution >= 4 is 34.8 Å². The highest BCUT2D eigenvalue weighted by atomic mass is 35.5. The SMILES string of the molecule is CN(C)[C@@H]1C(=O)C(C(N)=O)=C(O)[C@@]2(O)C(=O)C3=C(O)c4c(O)cc(CNC(C)(C)CC(C)(C)C)c(Cl)c4C[C@H]3C[C@@H]12. The Kier molecular flexibility index (Phi) is 7.65. The van der Waals surface area contributed by atoms with Crippen LogP contribution < -0.4 is 11.1 Å². The molecule has 4 rings (SSSR count). The summed E-state index contributed by atoms with van der Waals surface area (Å²) in [5.74, 6) is -6.91. The number of fused-ring (bicyclic) bond motifs is 3. The zero-order valence-electron chi connectivity index (χ0n) is 24.6. The summed E-state index contributed by atoms with van der Waals surface area (Å²) in [7, 11) is 3.12. The molecule has 0 unspecified atom stereocenters. The highest BCUT2D eigenvalue weighted by molar-refractivity contribution is 6.32. The van der Waals surface area contributed by atoms with Crippen LogP contribution in [0.1, 0.15) is 64.2 Å². The number of aliphatic hydroxyl groups is 3. The molecule has 10 nitrogen and oxygen atoms in total. The largest absolute Gasteiger partial charge is 0.508 e. The van der Waals surface area contributed by atoms with E-state index in [0.717, 1.165) is 6.42 Å². The molecule has 1 amide bonds. The van der Waals surface area contributed by atoms with Crippen molar-refractivity contribution in [2.24, 2.45) is 23.0 Å². The number of Topliss-reactive ketones (excluding diaryl/α,β-unsaturated/α-hetero) is 2. The number of halogens is 1. The van der Waals surface area contributed by atoms with E-state index in [1.54, 1.807) is 14.1 Å². The van der Waals surface area contributed by atoms with Crippen LogP contribution >= 0.6 is 11.6 Å². The Hall–Kier alpha value is -2.92. The summed E-state index contributed by atoms with van der Waals surface area (Å²) in [5.41, 5.74) is 2.51. The Morgan fingerprint density at radius 3 is 2.32 bits per heavy atom. The smallest absolute Gasteiger partial charge is 0.255 e. The lowest BCUT2D eigenvalue weighted by molar-refractivity contribution is -0.153. The van der Waals surface area contributed by atoms with Gasteiger partial charge >= 0.3 is 0 Å². The van der Waals surface area contributed by atoms with Crippen LogP contribution in [0, 0.1) is 17.3 Å². The molecule has 224 valence electrons. The second kappa shape index (κ2) is 10.1. The number of aromatic hydroxyl groups is 1. The number of hydrogen-bond donors (Lipinski definition) is 6. The number of benzene rings is 1. The Bertz CT molecular complexity index is 1410. The first-order valence-electron chi connectivity index (χ1n) is 13.7. The fraction of sp³-hybridized carbons (Fsp3) is 0.567. The first kappa shape index (κ1) is 31.0. The zero-order valence-corrected chi connectivity index (χ0v) is 25.3. The van der Waals surface area contributed by atoms with Gasteiger partial charge in [-0.3, -0.25) is 19.3 Å². The standard InChI is InChI=1S/C30H40ClN3O7/c1-28(2,3)12-29(4,5)33-11-14-10-17(35)19-15(21(14)31)8-13-9-16-22(34(6)7)24(37)20(27(32)40)26(39)30(16,41)25(38)18(13)23(19)36/h10,13,16,22,33,35-36,39,41H,8-9,11-12H2,1-7H3,(H2,32,40)/t13-,16-,22-,30-/m0/s1. The fourth-order valence-corrected chi connectivity index (χ4v) is 7.49. The van der Waals surface area contributed by atoms with Crippen LogP contribution in [0.4, 0.5) is 0 Å². The molecule has 0 aliphatic heterocycles. The van der Waals surface area contributed by atoms with Crippen LogP contribution in [0.15, 0.2) is 23.0 Å². The third-order valence-corrected chi connectivity index (χ3v) is 8.93. The summed E-state index contributed by atoms with van der Waals surface area (Å²) in [6.07, 6.45) is 1.02. The minimum Gasteiger partial charge on any atom is -0.508 e. The van der Waals surface area contributed by atoms with E-state index in [2.05, 4.69) is 39.9 Å². The molecular formula is C30H40ClN3O7. The maximum absolute atomic E-state index is 13.9. The van der Waals surface area contributed by atoms with Crippen molar-refractivity contribution in [1.29, 1.82) is 0 Å². The van der Waals surface area contributed by atoms with Gasteiger partial charge in [0.25, 0.3) is 5.91 Å². The van der Waals surface area contributed by atoms with Gasteiger partial charge in [0.2, 0.25) is 5.78 Å². The zero-order chi connectivity index (χ0) is 31.0. The van der Waals surface area contributed by atoms with Gasteiger partial charge < -0.3 is 31.5 Å². The minimum absolute atomic E-state index is 0.00391. The van der Waals surface area contributed by atoms with Crippen LogP contribution in [-0.2, 0) is 27.3 Å². The number of nitrogens with two attached hydrogens (primary N) is 1. The van der Waals surface area contributed by atoms with Crippen molar-refractivity contribution in [3.63, 3.8) is 0 Å². The van der Waals surface area contributed by atoms with E-state index in [-0.39, 0.29) is 40.7 Å². The van der Waals surface area contributed by atoms with Crippen LogP contribution in [0.25, 0.3) is 5.76 Å². The molecule has 11 heteroatoms. The topological polar surface area (TPSA) is 173 Å². The predicted octanol–water partition coefficient (Wildman–Crippen LogP) is 2.92. The third kappa shape index (κ3) is 5.05. The van der Waals surface area contributed by atoms with Gasteiger partial charge in [-0.15, -0.1) is 0 Å². The maximum atomic E-state index is 13.9. The maximum Gasteiger partial charge on any atom is 0.255 e. The fourth-order valence-electron chi connectivity index (χ4n) is 7.20. The summed E-state index contributed by atoms with van der Waals surface area (Å²) < 4.78 is 0. The number of rotatable bonds is 6. The molecule has 0 aromatic heterocycles. The van der Waals surface area contributed by atoms with E-state index >= 15 is 0 Å². The Balaban J connectivity index is 1.81. The molecule has 0 heterocycles. The molecule has 0 radical (unpaired) electrons. The molecule has 0 saturated heterocycles. The molecule has 0 spiro atoms. The molecule has 1 aromatic rings. The number of phenolic OH excluding ortho intramolecular Hbond substituents is 1. The number of hydrogen-bond acceptors (Lipinski definition) is 9. The van der Waals surface area contributed by atoms with Crippen molar-refractivity contribution in [3.8, 4) is 5.75 Å². The number of nitrogens with one attached hydrogen (secondary N) is 1. The van der Waals surface area contributed by atoms with Gasteiger partial charge in [-0.25, -0.2) is 0 Å². The first-order valence-corrected chi connectivity index (χ1v) is 14.0. The van der Waals surface area contributed by atoms with Crippen molar-refractivity contribution in [2.45, 2.75) is 77.6 Å². The first-order chi connectivity index (χ1) is 18.7. The summed E-state index contributed by atoms with van der Waals surface area (Å²) >= 11 is 6.86. The molecule has 3 aliphatic rings. The van der Waals surface area contributed by atoms with Gasteiger partial charge in [0.15, 0.2) is 11.4 Å². The number of nitrogens with zero attached hydrogens (tertiary/aromatic N) is 1. The molecular weight excluding hydrogens is 550 g/mol. The molecule has 1 aromatic carbocycles. The van der Waals surface area contributed by atoms with Gasteiger partial charge in [-0.05, 0) is 75.7 Å². The summed E-state index contributed by atoms with van der Waals surface area (Å²) in [4.78, 5) is 40.7. The number of carbonyl (C=O) groups excluding carboxylic acids is 3. The predicted molar refractivity (Wildman–Crippen MR) is 154 cm³/mol. The van der Waals surface area contributed by atoms with E-state index in [0.29, 0.717) is 22.7 Å². The number of ketones is 2. The van der Waals surface area contributed by atoms with E-state index in [1.165, 1.54) is 11.0 Å². The average molecular weight is 590 g/mol. The minimum atomic E-state index is -2.67. The van der Waals surface area contributed by atoms with E-state index in [1.807, 2.05) is 0 Å². The molecule has 4 atom stereocenters. The number of phenols is 1. The highest BCUT2D eigenvalue weighted by Crippen LogP contribution is 2.53. The van der Waals surface area contributed by atoms with Crippen LogP contribution in [-0.4, -0.2) is 74.1 Å². The Morgan fingerprint density at radius 1 is 1.17 bits per heavy atom. The molecule has 0 bridgehead atoms. The lowest BCUT2D eigenvalue weighted by atomic mass is 9.57. The van der Waals surface area contributed by atoms with Crippen LogP contribution in [0.5, 0.6) is 5.75 Å². The van der Waals surface area contributed by atoms with Crippen molar-refractivity contribution in [1.82, 2.24) is 10.2 Å². The number of likely N-dealkylation sites (N-methyl/N-ethyl adjacent to an activating group) is 1. The van der Waals surface area contributed by atoms with Crippen molar-refractivity contribution < 1.29 is 34.8 Å². The van der Waals surface area contributed by atoms with E-state index < -0.39 is 58.0 Å². The van der Waals surface area contributed by atoms with Gasteiger partial charge in [-0.1, -0.05) is 32.4 Å². The van der Waals surface area contributed by atoms with Crippen LogP contribution in [0.3, 0.4) is 0 Å². The Morgan fingerprint density at radius 2 is 1.78 bits per heavy atom. The number of primary amides is 1. The number of amides is 1. The quantitative estimate of drug-likeness (QED) is 0.273. The summed E-state index contributed by atoms with van der Waals surface area (Å²) in [5, 5.41) is 48.8. The Labute approximate surface area is 244 Å². The van der Waals surface area contributed by atoms with Crippen molar-refractivity contribution in [2.75, 3.05) is 14.1 Å². The normalized spacial score (nSPS) is 26.7.